The number of unbranched alkanes of at least 4 members (excludes halogenated alkanes) is 1. The molecule has 0 atom stereocenters. The molecular formula is C20H27BrN4O5. The van der Waals surface area contributed by atoms with Crippen LogP contribution in [0.1, 0.15) is 33.6 Å². The number of nitrogens with one attached hydrogen (secondary N) is 1. The molecule has 0 saturated carbocycles. The maximum absolute atomic E-state index is 12.7. The number of hydrogen-bond acceptors (Lipinski definition) is 6. The zero-order valence-corrected chi connectivity index (χ0v) is 19.0. The van der Waals surface area contributed by atoms with E-state index in [4.69, 9.17) is 15.2 Å². The van der Waals surface area contributed by atoms with Gasteiger partial charge in [-0.3, -0.25) is 14.2 Å². The molecule has 164 valence electrons. The van der Waals surface area contributed by atoms with Gasteiger partial charge in [0.1, 0.15) is 16.8 Å². The third-order valence-corrected chi connectivity index (χ3v) is 5.02. The van der Waals surface area contributed by atoms with Crippen LogP contribution in [-0.2, 0) is 17.9 Å². The molecule has 0 radical (unpaired) electrons. The van der Waals surface area contributed by atoms with Crippen molar-refractivity contribution in [3.05, 3.63) is 43.5 Å². The fraction of sp³-hybridized carbons (Fsp3) is 0.450. The monoisotopic (exact) mass is 482 g/mol. The van der Waals surface area contributed by atoms with Crippen LogP contribution >= 0.6 is 15.9 Å². The lowest BCUT2D eigenvalue weighted by molar-refractivity contribution is -0.116. The minimum Gasteiger partial charge on any atom is -0.490 e. The minimum atomic E-state index is -0.651. The van der Waals surface area contributed by atoms with Crippen molar-refractivity contribution < 1.29 is 14.3 Å². The van der Waals surface area contributed by atoms with Gasteiger partial charge in [-0.15, -0.1) is 0 Å². The quantitative estimate of drug-likeness (QED) is 0.537. The molecule has 30 heavy (non-hydrogen) atoms. The zero-order valence-electron chi connectivity index (χ0n) is 17.4. The summed E-state index contributed by atoms with van der Waals surface area (Å²) in [4.78, 5) is 37.8. The van der Waals surface area contributed by atoms with Gasteiger partial charge < -0.3 is 20.5 Å². The van der Waals surface area contributed by atoms with Gasteiger partial charge in [0.15, 0.2) is 11.5 Å². The molecule has 0 spiro atoms. The van der Waals surface area contributed by atoms with Crippen molar-refractivity contribution in [1.29, 1.82) is 0 Å². The van der Waals surface area contributed by atoms with E-state index in [0.717, 1.165) is 11.0 Å². The van der Waals surface area contributed by atoms with Crippen molar-refractivity contribution in [1.82, 2.24) is 9.13 Å². The van der Waals surface area contributed by atoms with Gasteiger partial charge in [0.25, 0.3) is 5.56 Å². The molecule has 0 bridgehead atoms. The maximum Gasteiger partial charge on any atom is 0.333 e. The fourth-order valence-electron chi connectivity index (χ4n) is 2.83. The number of hydrogen-bond donors (Lipinski definition) is 2. The van der Waals surface area contributed by atoms with E-state index in [1.807, 2.05) is 20.8 Å². The lowest BCUT2D eigenvalue weighted by Crippen LogP contribution is -2.44. The first-order valence-electron chi connectivity index (χ1n) is 9.82. The first kappa shape index (κ1) is 23.5. The Labute approximate surface area is 182 Å². The number of ether oxygens (including phenoxy) is 2. The van der Waals surface area contributed by atoms with Crippen LogP contribution in [-0.4, -0.2) is 28.3 Å². The van der Waals surface area contributed by atoms with E-state index in [2.05, 4.69) is 21.2 Å². The van der Waals surface area contributed by atoms with E-state index in [0.29, 0.717) is 43.4 Å². The lowest BCUT2D eigenvalue weighted by atomic mass is 10.2. The molecule has 1 aromatic carbocycles. The summed E-state index contributed by atoms with van der Waals surface area (Å²) < 4.78 is 13.3. The maximum atomic E-state index is 12.7. The molecule has 0 fully saturated rings. The third kappa shape index (κ3) is 5.44. The molecular weight excluding hydrogens is 456 g/mol. The van der Waals surface area contributed by atoms with Gasteiger partial charge in [0, 0.05) is 18.3 Å². The Hall–Kier alpha value is -2.75. The van der Waals surface area contributed by atoms with E-state index in [1.54, 1.807) is 18.2 Å². The van der Waals surface area contributed by atoms with Gasteiger partial charge in [-0.25, -0.2) is 9.36 Å². The highest BCUT2D eigenvalue weighted by atomic mass is 79.9. The molecule has 0 saturated heterocycles. The van der Waals surface area contributed by atoms with Crippen molar-refractivity contribution in [3.63, 3.8) is 0 Å². The molecule has 2 aromatic rings. The average Bonchev–Trinajstić information content (AvgIpc) is 2.72. The summed E-state index contributed by atoms with van der Waals surface area (Å²) in [5.74, 6) is 0.587. The molecule has 1 aromatic heterocycles. The summed E-state index contributed by atoms with van der Waals surface area (Å²) in [7, 11) is 0. The highest BCUT2D eigenvalue weighted by Gasteiger charge is 2.18. The van der Waals surface area contributed by atoms with Crippen molar-refractivity contribution in [2.75, 3.05) is 24.3 Å². The standard InChI is InChI=1S/C20H27BrN4O5/c1-4-7-10-24-18(22)17(21)19(27)25(20(24)28)12-16(26)23-13-8-9-14(29-5-2)15(11-13)30-6-3/h8-9,11H,4-7,10,12,22H2,1-3H3,(H,23,26). The van der Waals surface area contributed by atoms with Gasteiger partial charge in [0.2, 0.25) is 5.91 Å². The van der Waals surface area contributed by atoms with Gasteiger partial charge in [-0.05, 0) is 48.3 Å². The van der Waals surface area contributed by atoms with Crippen molar-refractivity contribution in [3.8, 4) is 11.5 Å². The number of nitrogen functional groups attached to an aromatic ring is 1. The minimum absolute atomic E-state index is 0.0583. The Morgan fingerprint density at radius 1 is 1.10 bits per heavy atom. The number of halogens is 1. The Bertz CT molecular complexity index is 1020. The van der Waals surface area contributed by atoms with Crippen LogP contribution in [0.4, 0.5) is 11.5 Å². The topological polar surface area (TPSA) is 118 Å². The highest BCUT2D eigenvalue weighted by molar-refractivity contribution is 9.10. The molecule has 0 aliphatic heterocycles. The number of carbonyl (C=O) groups excluding carboxylic acids is 1. The molecule has 3 N–H and O–H groups in total. The molecule has 9 nitrogen and oxygen atoms in total. The molecule has 0 unspecified atom stereocenters. The number of carbonyl (C=O) groups is 1. The van der Waals surface area contributed by atoms with Crippen LogP contribution in [0.25, 0.3) is 0 Å². The predicted octanol–water partition coefficient (Wildman–Crippen LogP) is 2.59. The van der Waals surface area contributed by atoms with Gasteiger partial charge in [-0.2, -0.15) is 0 Å². The summed E-state index contributed by atoms with van der Waals surface area (Å²) in [6.07, 6.45) is 1.57. The summed E-state index contributed by atoms with van der Waals surface area (Å²) in [6.45, 7) is 6.51. The summed E-state index contributed by atoms with van der Waals surface area (Å²) >= 11 is 3.13. The zero-order chi connectivity index (χ0) is 22.3. The second-order valence-corrected chi connectivity index (χ2v) is 7.25. The lowest BCUT2D eigenvalue weighted by Gasteiger charge is -2.15. The molecule has 0 aliphatic carbocycles. The SMILES string of the molecule is CCCCn1c(N)c(Br)c(=O)n(CC(=O)Nc2ccc(OCC)c(OCC)c2)c1=O. The van der Waals surface area contributed by atoms with Crippen LogP contribution in [0.2, 0.25) is 0 Å². The van der Waals surface area contributed by atoms with Gasteiger partial charge >= 0.3 is 5.69 Å². The normalized spacial score (nSPS) is 10.7. The number of benzene rings is 1. The summed E-state index contributed by atoms with van der Waals surface area (Å²) in [6, 6.07) is 4.98. The molecule has 1 heterocycles. The Balaban J connectivity index is 2.28. The number of nitrogens with two attached hydrogens (primary N) is 1. The van der Waals surface area contributed by atoms with Crippen molar-refractivity contribution >= 4 is 33.3 Å². The highest BCUT2D eigenvalue weighted by Crippen LogP contribution is 2.30. The Morgan fingerprint density at radius 2 is 1.77 bits per heavy atom. The number of amides is 1. The van der Waals surface area contributed by atoms with E-state index < -0.39 is 23.7 Å². The first-order valence-corrected chi connectivity index (χ1v) is 10.6. The van der Waals surface area contributed by atoms with Gasteiger partial charge in [0.05, 0.1) is 13.2 Å². The molecule has 10 heteroatoms. The van der Waals surface area contributed by atoms with Crippen LogP contribution < -0.4 is 31.8 Å². The number of aromatic nitrogens is 2. The largest absolute Gasteiger partial charge is 0.490 e. The molecule has 1 amide bonds. The molecule has 0 aliphatic rings. The summed E-state index contributed by atoms with van der Waals surface area (Å²) in [5, 5.41) is 2.68. The first-order chi connectivity index (χ1) is 14.3. The molecule has 2 rings (SSSR count). The van der Waals surface area contributed by atoms with E-state index in [1.165, 1.54) is 4.57 Å². The van der Waals surface area contributed by atoms with Crippen LogP contribution in [0, 0.1) is 0 Å². The second kappa shape index (κ2) is 10.9. The second-order valence-electron chi connectivity index (χ2n) is 6.45. The van der Waals surface area contributed by atoms with Crippen LogP contribution in [0.15, 0.2) is 32.3 Å². The fourth-order valence-corrected chi connectivity index (χ4v) is 3.25. The van der Waals surface area contributed by atoms with E-state index in [-0.39, 0.29) is 10.3 Å². The summed E-state index contributed by atoms with van der Waals surface area (Å²) in [5.41, 5.74) is 5.10. The average molecular weight is 483 g/mol. The number of anilines is 2. The van der Waals surface area contributed by atoms with Gasteiger partial charge in [-0.1, -0.05) is 13.3 Å². The smallest absolute Gasteiger partial charge is 0.333 e. The van der Waals surface area contributed by atoms with E-state index >= 15 is 0 Å². The van der Waals surface area contributed by atoms with Crippen molar-refractivity contribution in [2.24, 2.45) is 0 Å². The predicted molar refractivity (Wildman–Crippen MR) is 119 cm³/mol. The van der Waals surface area contributed by atoms with Crippen LogP contribution in [0.5, 0.6) is 11.5 Å². The Morgan fingerprint density at radius 3 is 2.40 bits per heavy atom. The van der Waals surface area contributed by atoms with Crippen molar-refractivity contribution in [2.45, 2.75) is 46.7 Å². The third-order valence-electron chi connectivity index (χ3n) is 4.27. The number of nitrogens with zero attached hydrogens (tertiary/aromatic N) is 2. The van der Waals surface area contributed by atoms with E-state index in [9.17, 15) is 14.4 Å². The Kier molecular flexibility index (Phi) is 8.52. The van der Waals surface area contributed by atoms with Crippen LogP contribution in [0.3, 0.4) is 0 Å². The number of rotatable bonds is 10.